The van der Waals surface area contributed by atoms with Gasteiger partial charge in [-0.25, -0.2) is 4.39 Å². The van der Waals surface area contributed by atoms with E-state index < -0.39 is 17.7 Å². The topological polar surface area (TPSA) is 35.5 Å². The standard InChI is InChI=1S/C14H12ClFO3S/c1-18-14(17)11(12-5-6-13(15)20-12)8-19-10-4-2-3-9(16)7-10/h2-7,11H,8H2,1H3. The van der Waals surface area contributed by atoms with Crippen LogP contribution in [0.4, 0.5) is 4.39 Å². The fourth-order valence-electron chi connectivity index (χ4n) is 1.66. The lowest BCUT2D eigenvalue weighted by Crippen LogP contribution is -2.20. The van der Waals surface area contributed by atoms with Crippen LogP contribution in [-0.4, -0.2) is 19.7 Å². The highest BCUT2D eigenvalue weighted by Gasteiger charge is 2.24. The number of halogens is 2. The summed E-state index contributed by atoms with van der Waals surface area (Å²) in [4.78, 5) is 12.5. The summed E-state index contributed by atoms with van der Waals surface area (Å²) in [6.45, 7) is 0.0625. The summed E-state index contributed by atoms with van der Waals surface area (Å²) < 4.78 is 23.9. The number of thiophene rings is 1. The Morgan fingerprint density at radius 3 is 2.80 bits per heavy atom. The lowest BCUT2D eigenvalue weighted by molar-refractivity contribution is -0.143. The summed E-state index contributed by atoms with van der Waals surface area (Å²) in [5.74, 6) is -1.03. The van der Waals surface area contributed by atoms with Crippen LogP contribution in [0.1, 0.15) is 10.8 Å². The number of carbonyl (C=O) groups is 1. The first-order valence-corrected chi connectivity index (χ1v) is 7.01. The Morgan fingerprint density at radius 2 is 2.20 bits per heavy atom. The number of ether oxygens (including phenoxy) is 2. The summed E-state index contributed by atoms with van der Waals surface area (Å²) >= 11 is 7.15. The molecule has 6 heteroatoms. The van der Waals surface area contributed by atoms with E-state index in [1.54, 1.807) is 24.3 Å². The second-order valence-electron chi connectivity index (χ2n) is 3.99. The predicted octanol–water partition coefficient (Wildman–Crippen LogP) is 3.88. The molecule has 0 spiro atoms. The van der Waals surface area contributed by atoms with E-state index in [2.05, 4.69) is 0 Å². The molecule has 0 saturated heterocycles. The molecule has 20 heavy (non-hydrogen) atoms. The van der Waals surface area contributed by atoms with Crippen LogP contribution in [0, 0.1) is 5.82 Å². The first-order valence-electron chi connectivity index (χ1n) is 5.81. The highest BCUT2D eigenvalue weighted by atomic mass is 35.5. The van der Waals surface area contributed by atoms with Gasteiger partial charge in [-0.15, -0.1) is 11.3 Å². The first kappa shape index (κ1) is 14.8. The molecule has 1 unspecified atom stereocenters. The molecule has 0 aliphatic heterocycles. The third-order valence-corrected chi connectivity index (χ3v) is 3.98. The zero-order valence-corrected chi connectivity index (χ0v) is 12.2. The number of esters is 1. The third kappa shape index (κ3) is 3.71. The normalized spacial score (nSPS) is 11.9. The molecular formula is C14H12ClFO3S. The number of rotatable bonds is 5. The van der Waals surface area contributed by atoms with Crippen molar-refractivity contribution in [1.29, 1.82) is 0 Å². The van der Waals surface area contributed by atoms with E-state index in [0.717, 1.165) is 4.88 Å². The van der Waals surface area contributed by atoms with E-state index in [-0.39, 0.29) is 6.61 Å². The van der Waals surface area contributed by atoms with Gasteiger partial charge in [0.1, 0.15) is 24.1 Å². The van der Waals surface area contributed by atoms with Crippen molar-refractivity contribution >= 4 is 28.9 Å². The molecule has 0 bridgehead atoms. The van der Waals surface area contributed by atoms with Crippen LogP contribution in [0.3, 0.4) is 0 Å². The first-order chi connectivity index (χ1) is 9.60. The van der Waals surface area contributed by atoms with Crippen molar-refractivity contribution in [2.75, 3.05) is 13.7 Å². The van der Waals surface area contributed by atoms with Gasteiger partial charge in [-0.2, -0.15) is 0 Å². The molecule has 0 N–H and O–H groups in total. The van der Waals surface area contributed by atoms with Crippen molar-refractivity contribution in [3.05, 3.63) is 51.4 Å². The average Bonchev–Trinajstić information content (AvgIpc) is 2.85. The van der Waals surface area contributed by atoms with Gasteiger partial charge in [-0.1, -0.05) is 17.7 Å². The quantitative estimate of drug-likeness (QED) is 0.786. The molecule has 1 aromatic heterocycles. The Bertz CT molecular complexity index is 600. The van der Waals surface area contributed by atoms with Gasteiger partial charge in [0.2, 0.25) is 0 Å². The van der Waals surface area contributed by atoms with E-state index in [1.807, 2.05) is 0 Å². The fourth-order valence-corrected chi connectivity index (χ4v) is 2.79. The molecule has 2 aromatic rings. The van der Waals surface area contributed by atoms with Gasteiger partial charge in [-0.3, -0.25) is 4.79 Å². The molecule has 1 atom stereocenters. The minimum Gasteiger partial charge on any atom is -0.492 e. The predicted molar refractivity (Wildman–Crippen MR) is 76.0 cm³/mol. The fraction of sp³-hybridized carbons (Fsp3) is 0.214. The molecule has 0 radical (unpaired) electrons. The third-order valence-electron chi connectivity index (χ3n) is 2.64. The highest BCUT2D eigenvalue weighted by molar-refractivity contribution is 7.16. The maximum absolute atomic E-state index is 13.1. The molecule has 3 nitrogen and oxygen atoms in total. The largest absolute Gasteiger partial charge is 0.492 e. The monoisotopic (exact) mass is 314 g/mol. The van der Waals surface area contributed by atoms with Gasteiger partial charge in [0.05, 0.1) is 11.4 Å². The Balaban J connectivity index is 2.11. The average molecular weight is 315 g/mol. The summed E-state index contributed by atoms with van der Waals surface area (Å²) in [7, 11) is 1.31. The van der Waals surface area contributed by atoms with Crippen molar-refractivity contribution in [3.63, 3.8) is 0 Å². The lowest BCUT2D eigenvalue weighted by atomic mass is 10.1. The number of hydrogen-bond donors (Lipinski definition) is 0. The second-order valence-corrected chi connectivity index (χ2v) is 5.73. The van der Waals surface area contributed by atoms with Gasteiger partial charge in [0.25, 0.3) is 0 Å². The molecule has 0 saturated carbocycles. The molecular weight excluding hydrogens is 303 g/mol. The molecule has 0 aliphatic rings. The summed E-state index contributed by atoms with van der Waals surface area (Å²) in [6, 6.07) is 9.21. The molecule has 0 fully saturated rings. The minimum absolute atomic E-state index is 0.0625. The minimum atomic E-state index is -0.583. The van der Waals surface area contributed by atoms with Crippen LogP contribution >= 0.6 is 22.9 Å². The highest BCUT2D eigenvalue weighted by Crippen LogP contribution is 2.29. The SMILES string of the molecule is COC(=O)C(COc1cccc(F)c1)c1ccc(Cl)s1. The Hall–Kier alpha value is -1.59. The van der Waals surface area contributed by atoms with E-state index in [4.69, 9.17) is 21.1 Å². The summed E-state index contributed by atoms with van der Waals surface area (Å²) in [6.07, 6.45) is 0. The number of benzene rings is 1. The van der Waals surface area contributed by atoms with Gasteiger partial charge < -0.3 is 9.47 Å². The van der Waals surface area contributed by atoms with Crippen molar-refractivity contribution in [2.45, 2.75) is 5.92 Å². The van der Waals surface area contributed by atoms with E-state index >= 15 is 0 Å². The number of methoxy groups -OCH3 is 1. The van der Waals surface area contributed by atoms with Crippen molar-refractivity contribution < 1.29 is 18.7 Å². The molecule has 106 valence electrons. The lowest BCUT2D eigenvalue weighted by Gasteiger charge is -2.14. The van der Waals surface area contributed by atoms with Crippen molar-refractivity contribution in [2.24, 2.45) is 0 Å². The van der Waals surface area contributed by atoms with Gasteiger partial charge in [0.15, 0.2) is 0 Å². The van der Waals surface area contributed by atoms with Crippen LogP contribution in [-0.2, 0) is 9.53 Å². The maximum Gasteiger partial charge on any atom is 0.317 e. The van der Waals surface area contributed by atoms with Crippen LogP contribution in [0.25, 0.3) is 0 Å². The zero-order valence-electron chi connectivity index (χ0n) is 10.6. The van der Waals surface area contributed by atoms with Gasteiger partial charge in [0, 0.05) is 10.9 Å². The molecule has 2 rings (SSSR count). The van der Waals surface area contributed by atoms with Crippen LogP contribution in [0.2, 0.25) is 4.34 Å². The Labute approximate surface area is 124 Å². The van der Waals surface area contributed by atoms with Crippen molar-refractivity contribution in [3.8, 4) is 5.75 Å². The van der Waals surface area contributed by atoms with Gasteiger partial charge >= 0.3 is 5.97 Å². The maximum atomic E-state index is 13.1. The molecule has 1 heterocycles. The number of carbonyl (C=O) groups excluding carboxylic acids is 1. The van der Waals surface area contributed by atoms with Gasteiger partial charge in [-0.05, 0) is 24.3 Å². The van der Waals surface area contributed by atoms with Crippen LogP contribution in [0.15, 0.2) is 36.4 Å². The Kier molecular flexibility index (Phi) is 4.98. The van der Waals surface area contributed by atoms with E-state index in [1.165, 1.54) is 30.6 Å². The second kappa shape index (κ2) is 6.72. The summed E-state index contributed by atoms with van der Waals surface area (Å²) in [5, 5.41) is 0. The zero-order chi connectivity index (χ0) is 14.5. The molecule has 0 amide bonds. The molecule has 1 aromatic carbocycles. The Morgan fingerprint density at radius 1 is 1.40 bits per heavy atom. The van der Waals surface area contributed by atoms with Crippen molar-refractivity contribution in [1.82, 2.24) is 0 Å². The van der Waals surface area contributed by atoms with E-state index in [0.29, 0.717) is 10.1 Å². The van der Waals surface area contributed by atoms with Crippen LogP contribution < -0.4 is 4.74 Å². The smallest absolute Gasteiger partial charge is 0.317 e. The molecule has 0 aliphatic carbocycles. The summed E-state index contributed by atoms with van der Waals surface area (Å²) in [5.41, 5.74) is 0. The van der Waals surface area contributed by atoms with Crippen LogP contribution in [0.5, 0.6) is 5.75 Å². The van der Waals surface area contributed by atoms with E-state index in [9.17, 15) is 9.18 Å². The number of hydrogen-bond acceptors (Lipinski definition) is 4.